The van der Waals surface area contributed by atoms with Gasteiger partial charge in [0.1, 0.15) is 11.5 Å². The second-order valence-electron chi connectivity index (χ2n) is 6.52. The third kappa shape index (κ3) is 3.57. The van der Waals surface area contributed by atoms with Gasteiger partial charge >= 0.3 is 0 Å². The predicted octanol–water partition coefficient (Wildman–Crippen LogP) is 3.65. The molecular weight excluding hydrogens is 317 g/mol. The van der Waals surface area contributed by atoms with E-state index < -0.39 is 0 Å². The second kappa shape index (κ2) is 7.33. The first kappa shape index (κ1) is 16.2. The summed E-state index contributed by atoms with van der Waals surface area (Å²) in [6.45, 7) is 2.87. The van der Waals surface area contributed by atoms with Gasteiger partial charge in [0.05, 0.1) is 11.9 Å². The zero-order valence-electron chi connectivity index (χ0n) is 14.1. The lowest BCUT2D eigenvalue weighted by Gasteiger charge is -2.34. The zero-order chi connectivity index (χ0) is 17.1. The lowest BCUT2D eigenvalue weighted by Crippen LogP contribution is -2.39. The Morgan fingerprint density at radius 3 is 2.72 bits per heavy atom. The summed E-state index contributed by atoms with van der Waals surface area (Å²) >= 11 is 0. The quantitative estimate of drug-likeness (QED) is 0.711. The summed E-state index contributed by atoms with van der Waals surface area (Å²) in [5.41, 5.74) is 2.80. The van der Waals surface area contributed by atoms with Crippen molar-refractivity contribution in [1.29, 1.82) is 0 Å². The van der Waals surface area contributed by atoms with E-state index in [2.05, 4.69) is 14.3 Å². The van der Waals surface area contributed by atoms with Gasteiger partial charge in [-0.15, -0.1) is 0 Å². The maximum atomic E-state index is 14.2. The Morgan fingerprint density at radius 2 is 1.88 bits per heavy atom. The van der Waals surface area contributed by atoms with Crippen molar-refractivity contribution in [2.75, 3.05) is 13.2 Å². The van der Waals surface area contributed by atoms with Gasteiger partial charge in [-0.05, 0) is 31.0 Å². The molecule has 0 aliphatic carbocycles. The second-order valence-corrected chi connectivity index (χ2v) is 6.52. The molecule has 5 heteroatoms. The third-order valence-corrected chi connectivity index (χ3v) is 4.90. The van der Waals surface area contributed by atoms with Gasteiger partial charge in [0.2, 0.25) is 0 Å². The van der Waals surface area contributed by atoms with E-state index in [0.29, 0.717) is 12.6 Å². The topological polar surface area (TPSA) is 29.8 Å². The maximum Gasteiger partial charge on any atom is 0.136 e. The average molecular weight is 339 g/mol. The first-order chi connectivity index (χ1) is 12.3. The minimum Gasteiger partial charge on any atom is -0.381 e. The molecule has 0 unspecified atom stereocenters. The van der Waals surface area contributed by atoms with Crippen molar-refractivity contribution in [2.45, 2.75) is 32.0 Å². The Bertz CT molecular complexity index is 842. The summed E-state index contributed by atoms with van der Waals surface area (Å²) in [5.74, 6) is -0.141. The van der Waals surface area contributed by atoms with Gasteiger partial charge < -0.3 is 9.14 Å². The Morgan fingerprint density at radius 1 is 1.08 bits per heavy atom. The Kier molecular flexibility index (Phi) is 4.76. The minimum absolute atomic E-state index is 0.141. The Labute approximate surface area is 146 Å². The molecule has 1 saturated heterocycles. The molecule has 2 aromatic heterocycles. The van der Waals surface area contributed by atoms with Crippen LogP contribution >= 0.6 is 0 Å². The molecule has 0 spiro atoms. The number of nitrogens with zero attached hydrogens (tertiary/aromatic N) is 3. The van der Waals surface area contributed by atoms with E-state index in [1.807, 2.05) is 42.7 Å². The summed E-state index contributed by atoms with van der Waals surface area (Å²) in [5, 5.41) is 0. The number of ether oxygens (including phenoxy) is 1. The van der Waals surface area contributed by atoms with Crippen LogP contribution in [0, 0.1) is 5.82 Å². The van der Waals surface area contributed by atoms with Crippen LogP contribution < -0.4 is 0 Å². The smallest absolute Gasteiger partial charge is 0.136 e. The van der Waals surface area contributed by atoms with Crippen LogP contribution in [0.4, 0.5) is 4.39 Å². The van der Waals surface area contributed by atoms with Gasteiger partial charge in [-0.1, -0.05) is 24.3 Å². The van der Waals surface area contributed by atoms with Crippen molar-refractivity contribution in [3.8, 4) is 0 Å². The zero-order valence-corrected chi connectivity index (χ0v) is 14.1. The summed E-state index contributed by atoms with van der Waals surface area (Å²) in [7, 11) is 0. The van der Waals surface area contributed by atoms with Crippen LogP contribution in [-0.2, 0) is 17.8 Å². The molecule has 0 saturated carbocycles. The third-order valence-electron chi connectivity index (χ3n) is 4.90. The van der Waals surface area contributed by atoms with Gasteiger partial charge in [0.15, 0.2) is 0 Å². The van der Waals surface area contributed by atoms with Crippen molar-refractivity contribution in [3.63, 3.8) is 0 Å². The highest BCUT2D eigenvalue weighted by Crippen LogP contribution is 2.22. The average Bonchev–Trinajstić information content (AvgIpc) is 3.07. The molecule has 4 nitrogen and oxygen atoms in total. The molecule has 3 heterocycles. The first-order valence-corrected chi connectivity index (χ1v) is 8.77. The molecule has 1 aliphatic rings. The van der Waals surface area contributed by atoms with E-state index in [4.69, 9.17) is 4.74 Å². The monoisotopic (exact) mass is 339 g/mol. The van der Waals surface area contributed by atoms with E-state index >= 15 is 0 Å². The molecule has 3 aromatic rings. The van der Waals surface area contributed by atoms with Gasteiger partial charge in [0.25, 0.3) is 0 Å². The highest BCUT2D eigenvalue weighted by atomic mass is 19.1. The normalized spacial score (nSPS) is 15.9. The molecular formula is C20H22FN3O. The summed E-state index contributed by atoms with van der Waals surface area (Å²) in [4.78, 5) is 6.84. The van der Waals surface area contributed by atoms with Crippen molar-refractivity contribution >= 4 is 5.65 Å². The highest BCUT2D eigenvalue weighted by molar-refractivity contribution is 5.39. The fourth-order valence-corrected chi connectivity index (χ4v) is 3.52. The number of benzene rings is 1. The molecule has 0 bridgehead atoms. The number of hydrogen-bond donors (Lipinski definition) is 0. The van der Waals surface area contributed by atoms with Gasteiger partial charge in [0, 0.05) is 44.1 Å². The van der Waals surface area contributed by atoms with Gasteiger partial charge in [-0.25, -0.2) is 9.37 Å². The molecule has 130 valence electrons. The fraction of sp³-hybridized carbons (Fsp3) is 0.350. The van der Waals surface area contributed by atoms with Crippen molar-refractivity contribution in [1.82, 2.24) is 14.3 Å². The van der Waals surface area contributed by atoms with E-state index in [1.165, 1.54) is 6.07 Å². The highest BCUT2D eigenvalue weighted by Gasteiger charge is 2.23. The molecule has 1 aromatic carbocycles. The summed E-state index contributed by atoms with van der Waals surface area (Å²) < 4.78 is 21.8. The standard InChI is InChI=1S/C20H22FN3O/c21-19-6-2-1-5-16(19)14-23(17-8-11-25-12-9-17)15-18-13-22-20-7-3-4-10-24(18)20/h1-7,10,13,17H,8-9,11-12,14-15H2. The largest absolute Gasteiger partial charge is 0.381 e. The molecule has 1 aliphatic heterocycles. The van der Waals surface area contributed by atoms with Crippen LogP contribution in [0.15, 0.2) is 54.9 Å². The number of halogens is 1. The van der Waals surface area contributed by atoms with E-state index in [9.17, 15) is 4.39 Å². The lowest BCUT2D eigenvalue weighted by molar-refractivity contribution is 0.0268. The fourth-order valence-electron chi connectivity index (χ4n) is 3.52. The number of aromatic nitrogens is 2. The molecule has 0 amide bonds. The van der Waals surface area contributed by atoms with Crippen LogP contribution in [0.2, 0.25) is 0 Å². The number of rotatable bonds is 5. The van der Waals surface area contributed by atoms with Crippen LogP contribution in [0.5, 0.6) is 0 Å². The minimum atomic E-state index is -0.141. The van der Waals surface area contributed by atoms with Crippen LogP contribution in [-0.4, -0.2) is 33.5 Å². The lowest BCUT2D eigenvalue weighted by atomic mass is 10.1. The van der Waals surface area contributed by atoms with E-state index in [0.717, 1.165) is 49.5 Å². The number of hydrogen-bond acceptors (Lipinski definition) is 3. The number of pyridine rings is 1. The number of imidazole rings is 1. The predicted molar refractivity (Wildman–Crippen MR) is 94.7 cm³/mol. The van der Waals surface area contributed by atoms with Crippen LogP contribution in [0.25, 0.3) is 5.65 Å². The summed E-state index contributed by atoms with van der Waals surface area (Å²) in [6, 6.07) is 13.4. The SMILES string of the molecule is Fc1ccccc1CN(Cc1cnc2ccccn12)C1CCOCC1. The Hall–Kier alpha value is -2.24. The van der Waals surface area contributed by atoms with E-state index in [1.54, 1.807) is 6.07 Å². The molecule has 25 heavy (non-hydrogen) atoms. The van der Waals surface area contributed by atoms with E-state index in [-0.39, 0.29) is 5.82 Å². The Balaban J connectivity index is 1.61. The first-order valence-electron chi connectivity index (χ1n) is 8.77. The molecule has 0 atom stereocenters. The maximum absolute atomic E-state index is 14.2. The molecule has 0 N–H and O–H groups in total. The van der Waals surface area contributed by atoms with Gasteiger partial charge in [-0.3, -0.25) is 4.90 Å². The van der Waals surface area contributed by atoms with Crippen LogP contribution in [0.3, 0.4) is 0 Å². The molecule has 0 radical (unpaired) electrons. The van der Waals surface area contributed by atoms with Crippen molar-refractivity contribution in [3.05, 3.63) is 71.9 Å². The number of fused-ring (bicyclic) bond motifs is 1. The van der Waals surface area contributed by atoms with Crippen molar-refractivity contribution in [2.24, 2.45) is 0 Å². The molecule has 4 rings (SSSR count). The van der Waals surface area contributed by atoms with Crippen LogP contribution in [0.1, 0.15) is 24.1 Å². The van der Waals surface area contributed by atoms with Gasteiger partial charge in [-0.2, -0.15) is 0 Å². The molecule has 1 fully saturated rings. The van der Waals surface area contributed by atoms with Crippen molar-refractivity contribution < 1.29 is 9.13 Å². The summed E-state index contributed by atoms with van der Waals surface area (Å²) in [6.07, 6.45) is 5.91.